The molecule has 0 rings (SSSR count). The zero-order valence-electron chi connectivity index (χ0n) is 13.1. The highest BCUT2D eigenvalue weighted by Gasteiger charge is 2.05. The van der Waals surface area contributed by atoms with Gasteiger partial charge in [-0.3, -0.25) is 9.59 Å². The number of unbranched alkanes of at least 4 members (excludes halogenated alkanes) is 8. The molecule has 0 bridgehead atoms. The second-order valence-electron chi connectivity index (χ2n) is 5.44. The van der Waals surface area contributed by atoms with Crippen LogP contribution in [0.2, 0.25) is 0 Å². The second kappa shape index (κ2) is 12.8. The number of aliphatic imine (C=N–C) groups is 1. The predicted octanol–water partition coefficient (Wildman–Crippen LogP) is 3.63. The molecule has 0 fully saturated rings. The van der Waals surface area contributed by atoms with Crippen molar-refractivity contribution in [1.29, 1.82) is 0 Å². The van der Waals surface area contributed by atoms with Crippen LogP contribution in [0.3, 0.4) is 0 Å². The number of primary amides is 1. The zero-order valence-corrected chi connectivity index (χ0v) is 13.1. The van der Waals surface area contributed by atoms with Gasteiger partial charge in [-0.05, 0) is 13.3 Å². The third-order valence-corrected chi connectivity index (χ3v) is 3.39. The van der Waals surface area contributed by atoms with E-state index in [0.29, 0.717) is 6.42 Å². The maximum atomic E-state index is 11.4. The first-order valence-corrected chi connectivity index (χ1v) is 7.94. The lowest BCUT2D eigenvalue weighted by molar-refractivity contribution is -0.119. The Bertz CT molecular complexity index is 301. The number of hydrogen-bond acceptors (Lipinski definition) is 2. The van der Waals surface area contributed by atoms with Gasteiger partial charge in [0.2, 0.25) is 11.8 Å². The largest absolute Gasteiger partial charge is 0.369 e. The van der Waals surface area contributed by atoms with Crippen LogP contribution < -0.4 is 5.73 Å². The van der Waals surface area contributed by atoms with Crippen LogP contribution in [0, 0.1) is 5.92 Å². The van der Waals surface area contributed by atoms with Crippen molar-refractivity contribution in [2.45, 2.75) is 78.1 Å². The van der Waals surface area contributed by atoms with Gasteiger partial charge in [0.25, 0.3) is 0 Å². The van der Waals surface area contributed by atoms with Crippen LogP contribution in [0.15, 0.2) is 4.99 Å². The molecular weight excluding hydrogens is 252 g/mol. The molecule has 1 atom stereocenters. The standard InChI is InChI=1S/C16H30N2O2/c1-3-4-5-6-7-8-9-10-11-12-15(19)18-13-14(2)16(17)20/h13-14H,3-12H2,1-2H3,(H2,17,20). The van der Waals surface area contributed by atoms with Crippen LogP contribution >= 0.6 is 0 Å². The first kappa shape index (κ1) is 18.8. The highest BCUT2D eigenvalue weighted by Crippen LogP contribution is 2.10. The molecule has 0 aliphatic carbocycles. The Morgan fingerprint density at radius 2 is 1.50 bits per heavy atom. The first-order chi connectivity index (χ1) is 9.57. The van der Waals surface area contributed by atoms with Crippen molar-refractivity contribution in [2.75, 3.05) is 0 Å². The second-order valence-corrected chi connectivity index (χ2v) is 5.44. The van der Waals surface area contributed by atoms with E-state index in [2.05, 4.69) is 11.9 Å². The van der Waals surface area contributed by atoms with Crippen molar-refractivity contribution < 1.29 is 9.59 Å². The van der Waals surface area contributed by atoms with Crippen LogP contribution in [0.1, 0.15) is 78.1 Å². The van der Waals surface area contributed by atoms with Crippen LogP contribution in [-0.4, -0.2) is 18.0 Å². The van der Waals surface area contributed by atoms with E-state index in [1.54, 1.807) is 6.92 Å². The average Bonchev–Trinajstić information content (AvgIpc) is 2.42. The Morgan fingerprint density at radius 1 is 1.00 bits per heavy atom. The Kier molecular flexibility index (Phi) is 12.1. The monoisotopic (exact) mass is 282 g/mol. The summed E-state index contributed by atoms with van der Waals surface area (Å²) in [6, 6.07) is 0. The summed E-state index contributed by atoms with van der Waals surface area (Å²) >= 11 is 0. The van der Waals surface area contributed by atoms with Gasteiger partial charge < -0.3 is 5.73 Å². The molecule has 0 aliphatic heterocycles. The SMILES string of the molecule is CCCCCCCCCCCC(=O)N=CC(C)C(N)=O. The highest BCUT2D eigenvalue weighted by atomic mass is 16.1. The number of nitrogens with two attached hydrogens (primary N) is 1. The van der Waals surface area contributed by atoms with E-state index >= 15 is 0 Å². The summed E-state index contributed by atoms with van der Waals surface area (Å²) in [6.45, 7) is 3.86. The van der Waals surface area contributed by atoms with Gasteiger partial charge in [0, 0.05) is 12.6 Å². The molecular formula is C16H30N2O2. The van der Waals surface area contributed by atoms with Gasteiger partial charge in [0.15, 0.2) is 0 Å². The molecule has 0 aromatic rings. The van der Waals surface area contributed by atoms with Crippen LogP contribution in [-0.2, 0) is 9.59 Å². The predicted molar refractivity (Wildman–Crippen MR) is 83.7 cm³/mol. The quantitative estimate of drug-likeness (QED) is 0.438. The molecule has 1 unspecified atom stereocenters. The molecule has 2 amide bonds. The van der Waals surface area contributed by atoms with Crippen LogP contribution in [0.5, 0.6) is 0 Å². The van der Waals surface area contributed by atoms with E-state index in [4.69, 9.17) is 5.73 Å². The van der Waals surface area contributed by atoms with E-state index in [1.165, 1.54) is 51.2 Å². The molecule has 4 nitrogen and oxygen atoms in total. The van der Waals surface area contributed by atoms with Crippen LogP contribution in [0.25, 0.3) is 0 Å². The van der Waals surface area contributed by atoms with E-state index in [9.17, 15) is 9.59 Å². The summed E-state index contributed by atoms with van der Waals surface area (Å²) in [5, 5.41) is 0. The van der Waals surface area contributed by atoms with Gasteiger partial charge in [0.1, 0.15) is 0 Å². The number of carbonyl (C=O) groups is 2. The molecule has 0 aromatic heterocycles. The van der Waals surface area contributed by atoms with Crippen molar-refractivity contribution in [3.63, 3.8) is 0 Å². The molecule has 0 radical (unpaired) electrons. The molecule has 4 heteroatoms. The molecule has 0 aromatic carbocycles. The minimum atomic E-state index is -0.470. The summed E-state index contributed by atoms with van der Waals surface area (Å²) in [5.74, 6) is -1.08. The van der Waals surface area contributed by atoms with E-state index in [0.717, 1.165) is 12.8 Å². The van der Waals surface area contributed by atoms with E-state index < -0.39 is 11.8 Å². The third kappa shape index (κ3) is 11.9. The van der Waals surface area contributed by atoms with Gasteiger partial charge in [-0.2, -0.15) is 0 Å². The van der Waals surface area contributed by atoms with Gasteiger partial charge in [-0.1, -0.05) is 58.3 Å². The van der Waals surface area contributed by atoms with Crippen molar-refractivity contribution in [2.24, 2.45) is 16.6 Å². The number of nitrogens with zero attached hydrogens (tertiary/aromatic N) is 1. The summed E-state index contributed by atoms with van der Waals surface area (Å²) in [7, 11) is 0. The topological polar surface area (TPSA) is 72.5 Å². The fourth-order valence-electron chi connectivity index (χ4n) is 1.92. The lowest BCUT2D eigenvalue weighted by Gasteiger charge is -2.01. The average molecular weight is 282 g/mol. The maximum Gasteiger partial charge on any atom is 0.245 e. The molecule has 2 N–H and O–H groups in total. The lowest BCUT2D eigenvalue weighted by Crippen LogP contribution is -2.21. The third-order valence-electron chi connectivity index (χ3n) is 3.39. The number of hydrogen-bond donors (Lipinski definition) is 1. The molecule has 0 spiro atoms. The molecule has 20 heavy (non-hydrogen) atoms. The molecule has 0 aliphatic rings. The highest BCUT2D eigenvalue weighted by molar-refractivity contribution is 5.96. The van der Waals surface area contributed by atoms with Crippen molar-refractivity contribution in [1.82, 2.24) is 0 Å². The Morgan fingerprint density at radius 3 is 2.00 bits per heavy atom. The number of amides is 2. The Labute approximate surface area is 123 Å². The number of carbonyl (C=O) groups excluding carboxylic acids is 2. The fraction of sp³-hybridized carbons (Fsp3) is 0.812. The molecule has 0 saturated heterocycles. The van der Waals surface area contributed by atoms with Crippen molar-refractivity contribution in [3.8, 4) is 0 Å². The smallest absolute Gasteiger partial charge is 0.245 e. The zero-order chi connectivity index (χ0) is 15.2. The van der Waals surface area contributed by atoms with Gasteiger partial charge in [-0.25, -0.2) is 4.99 Å². The molecule has 0 heterocycles. The van der Waals surface area contributed by atoms with Gasteiger partial charge >= 0.3 is 0 Å². The minimum absolute atomic E-state index is 0.152. The van der Waals surface area contributed by atoms with E-state index in [1.807, 2.05) is 0 Å². The fourth-order valence-corrected chi connectivity index (χ4v) is 1.92. The summed E-state index contributed by atoms with van der Waals surface area (Å²) in [5.41, 5.74) is 5.08. The maximum absolute atomic E-state index is 11.4. The van der Waals surface area contributed by atoms with Crippen LogP contribution in [0.4, 0.5) is 0 Å². The first-order valence-electron chi connectivity index (χ1n) is 7.94. The lowest BCUT2D eigenvalue weighted by atomic mass is 10.1. The Balaban J connectivity index is 3.42. The summed E-state index contributed by atoms with van der Waals surface area (Å²) in [4.78, 5) is 25.9. The van der Waals surface area contributed by atoms with Gasteiger partial charge in [0.05, 0.1) is 5.92 Å². The summed E-state index contributed by atoms with van der Waals surface area (Å²) in [6.07, 6.45) is 12.9. The van der Waals surface area contributed by atoms with E-state index in [-0.39, 0.29) is 5.91 Å². The minimum Gasteiger partial charge on any atom is -0.369 e. The molecule has 116 valence electrons. The van der Waals surface area contributed by atoms with Gasteiger partial charge in [-0.15, -0.1) is 0 Å². The number of rotatable bonds is 12. The van der Waals surface area contributed by atoms with Crippen molar-refractivity contribution >= 4 is 18.0 Å². The molecule has 0 saturated carbocycles. The Hall–Kier alpha value is -1.19. The normalized spacial score (nSPS) is 12.7. The summed E-state index contributed by atoms with van der Waals surface area (Å²) < 4.78 is 0. The van der Waals surface area contributed by atoms with Crippen molar-refractivity contribution in [3.05, 3.63) is 0 Å².